The second-order valence-corrected chi connectivity index (χ2v) is 4.75. The van der Waals surface area contributed by atoms with Gasteiger partial charge < -0.3 is 15.0 Å². The maximum atomic E-state index is 5.66. The quantitative estimate of drug-likeness (QED) is 0.803. The number of anilines is 1. The number of hydrogen-bond acceptors (Lipinski definition) is 4. The molecule has 0 fully saturated rings. The zero-order valence-corrected chi connectivity index (χ0v) is 12.7. The predicted octanol–water partition coefficient (Wildman–Crippen LogP) is 3.63. The molecule has 2 aromatic rings. The molecule has 0 amide bonds. The number of benzene rings is 1. The second kappa shape index (κ2) is 8.27. The molecule has 0 aliphatic carbocycles. The molecule has 0 bridgehead atoms. The van der Waals surface area contributed by atoms with Crippen molar-refractivity contribution in [1.82, 2.24) is 9.88 Å². The number of rotatable bonds is 8. The predicted molar refractivity (Wildman–Crippen MR) is 87.0 cm³/mol. The lowest BCUT2D eigenvalue weighted by Crippen LogP contribution is -2.28. The summed E-state index contributed by atoms with van der Waals surface area (Å²) in [7, 11) is 0. The van der Waals surface area contributed by atoms with Crippen molar-refractivity contribution < 1.29 is 4.74 Å². The van der Waals surface area contributed by atoms with E-state index in [1.54, 1.807) is 6.20 Å². The number of hydrogen-bond donors (Lipinski definition) is 1. The first-order chi connectivity index (χ1) is 10.3. The van der Waals surface area contributed by atoms with Crippen LogP contribution in [0.4, 0.5) is 5.69 Å². The maximum absolute atomic E-state index is 5.66. The molecule has 1 aromatic heterocycles. The van der Waals surface area contributed by atoms with E-state index in [0.29, 0.717) is 5.88 Å². The summed E-state index contributed by atoms with van der Waals surface area (Å²) in [5.74, 6) is 1.41. The summed E-state index contributed by atoms with van der Waals surface area (Å²) in [5, 5.41) is 3.38. The second-order valence-electron chi connectivity index (χ2n) is 4.75. The zero-order valence-electron chi connectivity index (χ0n) is 12.7. The summed E-state index contributed by atoms with van der Waals surface area (Å²) in [6, 6.07) is 13.6. The lowest BCUT2D eigenvalue weighted by Gasteiger charge is -2.18. The molecule has 0 saturated heterocycles. The fourth-order valence-electron chi connectivity index (χ4n) is 2.05. The Hall–Kier alpha value is -2.07. The van der Waals surface area contributed by atoms with E-state index in [4.69, 9.17) is 4.74 Å². The number of aromatic nitrogens is 1. The Balaban J connectivity index is 1.82. The molecular weight excluding hydrogens is 262 g/mol. The van der Waals surface area contributed by atoms with Crippen LogP contribution in [0.3, 0.4) is 0 Å². The Morgan fingerprint density at radius 3 is 2.43 bits per heavy atom. The van der Waals surface area contributed by atoms with Crippen LogP contribution in [0.15, 0.2) is 48.7 Å². The maximum Gasteiger partial charge on any atom is 0.219 e. The first-order valence-electron chi connectivity index (χ1n) is 7.47. The molecule has 0 spiro atoms. The van der Waals surface area contributed by atoms with Crippen LogP contribution >= 0.6 is 0 Å². The van der Waals surface area contributed by atoms with E-state index >= 15 is 0 Å². The number of nitrogens with zero attached hydrogens (tertiary/aromatic N) is 2. The summed E-state index contributed by atoms with van der Waals surface area (Å²) < 4.78 is 5.66. The lowest BCUT2D eigenvalue weighted by molar-refractivity contribution is 0.316. The lowest BCUT2D eigenvalue weighted by atomic mass is 10.3. The highest BCUT2D eigenvalue weighted by atomic mass is 16.5. The van der Waals surface area contributed by atoms with Gasteiger partial charge in [0.05, 0.1) is 11.9 Å². The SMILES string of the molecule is CCN(CC)CCNc1ccc(Oc2ccccc2)nc1. The topological polar surface area (TPSA) is 37.4 Å². The van der Waals surface area contributed by atoms with Gasteiger partial charge in [-0.15, -0.1) is 0 Å². The van der Waals surface area contributed by atoms with Gasteiger partial charge in [0.15, 0.2) is 0 Å². The van der Waals surface area contributed by atoms with Crippen LogP contribution in [0.1, 0.15) is 13.8 Å². The van der Waals surface area contributed by atoms with Crippen molar-refractivity contribution in [1.29, 1.82) is 0 Å². The molecule has 0 radical (unpaired) electrons. The normalized spacial score (nSPS) is 10.6. The molecule has 2 rings (SSSR count). The van der Waals surface area contributed by atoms with Crippen molar-refractivity contribution >= 4 is 5.69 Å². The van der Waals surface area contributed by atoms with Gasteiger partial charge in [0.1, 0.15) is 5.75 Å². The van der Waals surface area contributed by atoms with Crippen molar-refractivity contribution in [2.45, 2.75) is 13.8 Å². The Labute approximate surface area is 126 Å². The fourth-order valence-corrected chi connectivity index (χ4v) is 2.05. The summed E-state index contributed by atoms with van der Waals surface area (Å²) in [5.41, 5.74) is 1.02. The van der Waals surface area contributed by atoms with Crippen molar-refractivity contribution in [2.75, 3.05) is 31.5 Å². The average molecular weight is 285 g/mol. The van der Waals surface area contributed by atoms with E-state index < -0.39 is 0 Å². The van der Waals surface area contributed by atoms with Crippen LogP contribution in [-0.2, 0) is 0 Å². The van der Waals surface area contributed by atoms with Gasteiger partial charge in [0, 0.05) is 19.2 Å². The Bertz CT molecular complexity index is 509. The molecular formula is C17H23N3O. The van der Waals surface area contributed by atoms with Gasteiger partial charge in [-0.1, -0.05) is 32.0 Å². The number of likely N-dealkylation sites (N-methyl/N-ethyl adjacent to an activating group) is 1. The highest BCUT2D eigenvalue weighted by molar-refractivity contribution is 5.42. The van der Waals surface area contributed by atoms with Crippen LogP contribution < -0.4 is 10.1 Å². The van der Waals surface area contributed by atoms with Crippen LogP contribution in [0.25, 0.3) is 0 Å². The number of nitrogens with one attached hydrogen (secondary N) is 1. The summed E-state index contributed by atoms with van der Waals surface area (Å²) >= 11 is 0. The van der Waals surface area contributed by atoms with Crippen molar-refractivity contribution in [3.63, 3.8) is 0 Å². The molecule has 0 saturated carbocycles. The molecule has 1 heterocycles. The van der Waals surface area contributed by atoms with Gasteiger partial charge in [-0.3, -0.25) is 0 Å². The first-order valence-corrected chi connectivity index (χ1v) is 7.47. The van der Waals surface area contributed by atoms with Crippen LogP contribution in [0, 0.1) is 0 Å². The third-order valence-electron chi connectivity index (χ3n) is 3.35. The van der Waals surface area contributed by atoms with E-state index in [2.05, 4.69) is 29.0 Å². The minimum Gasteiger partial charge on any atom is -0.439 e. The molecule has 0 aliphatic heterocycles. The van der Waals surface area contributed by atoms with Gasteiger partial charge in [-0.25, -0.2) is 4.98 Å². The largest absolute Gasteiger partial charge is 0.439 e. The Morgan fingerprint density at radius 1 is 1.05 bits per heavy atom. The number of pyridine rings is 1. The minimum atomic E-state index is 0.607. The molecule has 4 heteroatoms. The zero-order chi connectivity index (χ0) is 14.9. The van der Waals surface area contributed by atoms with Crippen LogP contribution in [0.5, 0.6) is 11.6 Å². The molecule has 4 nitrogen and oxygen atoms in total. The van der Waals surface area contributed by atoms with Crippen LogP contribution in [0.2, 0.25) is 0 Å². The van der Waals surface area contributed by atoms with E-state index in [1.807, 2.05) is 42.5 Å². The Morgan fingerprint density at radius 2 is 1.81 bits per heavy atom. The monoisotopic (exact) mass is 285 g/mol. The van der Waals surface area contributed by atoms with Gasteiger partial charge in [0.2, 0.25) is 5.88 Å². The van der Waals surface area contributed by atoms with Gasteiger partial charge in [-0.05, 0) is 31.3 Å². The molecule has 1 aromatic carbocycles. The summed E-state index contributed by atoms with van der Waals surface area (Å²) in [6.07, 6.45) is 1.81. The third kappa shape index (κ3) is 5.08. The fraction of sp³-hybridized carbons (Fsp3) is 0.353. The minimum absolute atomic E-state index is 0.607. The van der Waals surface area contributed by atoms with Crippen molar-refractivity contribution in [3.05, 3.63) is 48.7 Å². The summed E-state index contributed by atoms with van der Waals surface area (Å²) in [4.78, 5) is 6.70. The first kappa shape index (κ1) is 15.3. The molecule has 0 aliphatic rings. The van der Waals surface area contributed by atoms with Gasteiger partial charge in [-0.2, -0.15) is 0 Å². The van der Waals surface area contributed by atoms with E-state index in [1.165, 1.54) is 0 Å². The number of ether oxygens (including phenoxy) is 1. The summed E-state index contributed by atoms with van der Waals surface area (Å²) in [6.45, 7) is 8.49. The smallest absolute Gasteiger partial charge is 0.219 e. The van der Waals surface area contributed by atoms with Gasteiger partial charge >= 0.3 is 0 Å². The standard InChI is InChI=1S/C17H23N3O/c1-3-20(4-2)13-12-18-15-10-11-17(19-14-15)21-16-8-6-5-7-9-16/h5-11,14,18H,3-4,12-13H2,1-2H3. The average Bonchev–Trinajstić information content (AvgIpc) is 2.54. The van der Waals surface area contributed by atoms with E-state index in [9.17, 15) is 0 Å². The van der Waals surface area contributed by atoms with Crippen LogP contribution in [-0.4, -0.2) is 36.1 Å². The van der Waals surface area contributed by atoms with Crippen molar-refractivity contribution in [3.8, 4) is 11.6 Å². The molecule has 0 unspecified atom stereocenters. The van der Waals surface area contributed by atoms with E-state index in [0.717, 1.165) is 37.6 Å². The molecule has 0 atom stereocenters. The highest BCUT2D eigenvalue weighted by Crippen LogP contribution is 2.19. The Kier molecular flexibility index (Phi) is 6.03. The molecule has 1 N–H and O–H groups in total. The van der Waals surface area contributed by atoms with E-state index in [-0.39, 0.29) is 0 Å². The molecule has 112 valence electrons. The van der Waals surface area contributed by atoms with Crippen molar-refractivity contribution in [2.24, 2.45) is 0 Å². The highest BCUT2D eigenvalue weighted by Gasteiger charge is 2.00. The third-order valence-corrected chi connectivity index (χ3v) is 3.35. The molecule has 21 heavy (non-hydrogen) atoms. The number of para-hydroxylation sites is 1. The van der Waals surface area contributed by atoms with Gasteiger partial charge in [0.25, 0.3) is 0 Å².